The monoisotopic (exact) mass is 298 g/mol. The number of rotatable bonds is 5. The number of hydrogen-bond donors (Lipinski definition) is 0. The zero-order chi connectivity index (χ0) is 16.0. The Hall–Kier alpha value is -2.92. The van der Waals surface area contributed by atoms with Crippen molar-refractivity contribution in [1.82, 2.24) is 4.98 Å². The summed E-state index contributed by atoms with van der Waals surface area (Å²) in [6, 6.07) is 28.7. The summed E-state index contributed by atoms with van der Waals surface area (Å²) in [6.45, 7) is 0. The van der Waals surface area contributed by atoms with Crippen molar-refractivity contribution in [1.29, 1.82) is 5.26 Å². The fraction of sp³-hybridized carbons (Fsp3) is 0.143. The molecule has 112 valence electrons. The van der Waals surface area contributed by atoms with E-state index in [1.807, 2.05) is 54.6 Å². The zero-order valence-electron chi connectivity index (χ0n) is 12.9. The van der Waals surface area contributed by atoms with Crippen LogP contribution in [0.15, 0.2) is 85.1 Å². The van der Waals surface area contributed by atoms with Crippen molar-refractivity contribution in [3.63, 3.8) is 0 Å². The third-order valence-corrected chi connectivity index (χ3v) is 4.07. The first kappa shape index (κ1) is 15.0. The quantitative estimate of drug-likeness (QED) is 0.703. The average Bonchev–Trinajstić information content (AvgIpc) is 2.63. The van der Waals surface area contributed by atoms with Gasteiger partial charge in [-0.05, 0) is 36.1 Å². The molecule has 3 aromatic rings. The van der Waals surface area contributed by atoms with Crippen LogP contribution in [0.2, 0.25) is 0 Å². The zero-order valence-corrected chi connectivity index (χ0v) is 12.9. The van der Waals surface area contributed by atoms with Gasteiger partial charge in [-0.3, -0.25) is 4.98 Å². The molecule has 0 aliphatic rings. The van der Waals surface area contributed by atoms with Crippen LogP contribution in [-0.4, -0.2) is 4.98 Å². The maximum atomic E-state index is 10.1. The Morgan fingerprint density at radius 3 is 1.70 bits per heavy atom. The number of aromatic nitrogens is 1. The van der Waals surface area contributed by atoms with E-state index in [1.54, 1.807) is 6.20 Å². The summed E-state index contributed by atoms with van der Waals surface area (Å²) in [7, 11) is 0. The van der Waals surface area contributed by atoms with Gasteiger partial charge in [-0.2, -0.15) is 5.26 Å². The Balaban J connectivity index is 2.03. The molecular formula is C21H18N2. The van der Waals surface area contributed by atoms with Crippen molar-refractivity contribution in [3.8, 4) is 6.07 Å². The van der Waals surface area contributed by atoms with Gasteiger partial charge in [0, 0.05) is 6.20 Å². The van der Waals surface area contributed by atoms with Gasteiger partial charge in [0.1, 0.15) is 5.41 Å². The summed E-state index contributed by atoms with van der Waals surface area (Å²) in [6.07, 6.45) is 3.06. The van der Waals surface area contributed by atoms with Gasteiger partial charge in [0.15, 0.2) is 0 Å². The molecule has 0 spiro atoms. The first-order chi connectivity index (χ1) is 11.3. The van der Waals surface area contributed by atoms with Crippen molar-refractivity contribution in [2.75, 3.05) is 0 Å². The molecule has 0 aliphatic heterocycles. The molecule has 2 nitrogen and oxygen atoms in total. The molecule has 2 aromatic carbocycles. The molecule has 0 atom stereocenters. The van der Waals surface area contributed by atoms with E-state index in [2.05, 4.69) is 35.3 Å². The lowest BCUT2D eigenvalue weighted by Crippen LogP contribution is -2.31. The highest BCUT2D eigenvalue weighted by Gasteiger charge is 2.34. The Bertz CT molecular complexity index is 733. The van der Waals surface area contributed by atoms with Crippen molar-refractivity contribution < 1.29 is 0 Å². The second-order valence-corrected chi connectivity index (χ2v) is 5.73. The van der Waals surface area contributed by atoms with Crippen molar-refractivity contribution in [3.05, 3.63) is 102 Å². The van der Waals surface area contributed by atoms with E-state index in [-0.39, 0.29) is 0 Å². The molecule has 1 heterocycles. The maximum absolute atomic E-state index is 10.1. The SMILES string of the molecule is N#CC(Cc1ccccc1)(Cc1ccccc1)c1ccccn1. The first-order valence-electron chi connectivity index (χ1n) is 7.73. The lowest BCUT2D eigenvalue weighted by atomic mass is 9.75. The largest absolute Gasteiger partial charge is 0.260 e. The number of benzene rings is 2. The minimum Gasteiger partial charge on any atom is -0.260 e. The van der Waals surface area contributed by atoms with Gasteiger partial charge in [-0.1, -0.05) is 66.7 Å². The second-order valence-electron chi connectivity index (χ2n) is 5.73. The summed E-state index contributed by atoms with van der Waals surface area (Å²) in [5.41, 5.74) is 2.46. The van der Waals surface area contributed by atoms with Gasteiger partial charge < -0.3 is 0 Å². The summed E-state index contributed by atoms with van der Waals surface area (Å²) in [5.74, 6) is 0. The van der Waals surface area contributed by atoms with E-state index in [0.717, 1.165) is 16.8 Å². The molecule has 0 saturated carbocycles. The van der Waals surface area contributed by atoms with Crippen LogP contribution < -0.4 is 0 Å². The van der Waals surface area contributed by atoms with Crippen LogP contribution in [0.1, 0.15) is 16.8 Å². The predicted octanol–water partition coefficient (Wildman–Crippen LogP) is 4.33. The standard InChI is InChI=1S/C21H18N2/c22-17-21(20-13-7-8-14-23-20,15-18-9-3-1-4-10-18)16-19-11-5-2-6-12-19/h1-14H,15-16H2. The number of nitriles is 1. The van der Waals surface area contributed by atoms with Gasteiger partial charge in [0.25, 0.3) is 0 Å². The Morgan fingerprint density at radius 2 is 1.26 bits per heavy atom. The van der Waals surface area contributed by atoms with Crippen molar-refractivity contribution >= 4 is 0 Å². The molecule has 23 heavy (non-hydrogen) atoms. The fourth-order valence-corrected chi connectivity index (χ4v) is 2.91. The van der Waals surface area contributed by atoms with Crippen LogP contribution in [0, 0.1) is 11.3 Å². The highest BCUT2D eigenvalue weighted by molar-refractivity contribution is 5.35. The van der Waals surface area contributed by atoms with Gasteiger partial charge >= 0.3 is 0 Å². The fourth-order valence-electron chi connectivity index (χ4n) is 2.91. The highest BCUT2D eigenvalue weighted by Crippen LogP contribution is 2.30. The summed E-state index contributed by atoms with van der Waals surface area (Å²) in [5, 5.41) is 10.1. The van der Waals surface area contributed by atoms with E-state index in [4.69, 9.17) is 0 Å². The number of nitrogens with zero attached hydrogens (tertiary/aromatic N) is 2. The molecule has 0 unspecified atom stereocenters. The van der Waals surface area contributed by atoms with Crippen LogP contribution in [-0.2, 0) is 18.3 Å². The second kappa shape index (κ2) is 6.89. The van der Waals surface area contributed by atoms with Crippen LogP contribution in [0.4, 0.5) is 0 Å². The van der Waals surface area contributed by atoms with E-state index in [1.165, 1.54) is 0 Å². The topological polar surface area (TPSA) is 36.7 Å². The molecule has 1 aromatic heterocycles. The number of hydrogen-bond acceptors (Lipinski definition) is 2. The van der Waals surface area contributed by atoms with Gasteiger partial charge in [0.2, 0.25) is 0 Å². The molecule has 2 heteroatoms. The highest BCUT2D eigenvalue weighted by atomic mass is 14.7. The minimum atomic E-state index is -0.663. The van der Waals surface area contributed by atoms with E-state index in [0.29, 0.717) is 12.8 Å². The normalized spacial score (nSPS) is 10.9. The summed E-state index contributed by atoms with van der Waals surface area (Å²) in [4.78, 5) is 4.49. The molecule has 0 radical (unpaired) electrons. The molecular weight excluding hydrogens is 280 g/mol. The molecule has 0 fully saturated rings. The van der Waals surface area contributed by atoms with E-state index >= 15 is 0 Å². The Morgan fingerprint density at radius 1 is 0.739 bits per heavy atom. The van der Waals surface area contributed by atoms with E-state index in [9.17, 15) is 5.26 Å². The molecule has 0 bridgehead atoms. The lowest BCUT2D eigenvalue weighted by Gasteiger charge is -2.26. The number of pyridine rings is 1. The predicted molar refractivity (Wildman–Crippen MR) is 91.8 cm³/mol. The van der Waals surface area contributed by atoms with Gasteiger partial charge in [-0.25, -0.2) is 0 Å². The van der Waals surface area contributed by atoms with Crippen LogP contribution >= 0.6 is 0 Å². The van der Waals surface area contributed by atoms with Crippen LogP contribution in [0.25, 0.3) is 0 Å². The Kier molecular flexibility index (Phi) is 4.49. The van der Waals surface area contributed by atoms with Gasteiger partial charge in [0.05, 0.1) is 11.8 Å². The maximum Gasteiger partial charge on any atom is 0.107 e. The molecule has 0 amide bonds. The van der Waals surface area contributed by atoms with Gasteiger partial charge in [-0.15, -0.1) is 0 Å². The van der Waals surface area contributed by atoms with E-state index < -0.39 is 5.41 Å². The third kappa shape index (κ3) is 3.46. The first-order valence-corrected chi connectivity index (χ1v) is 7.73. The summed E-state index contributed by atoms with van der Waals surface area (Å²) >= 11 is 0. The third-order valence-electron chi connectivity index (χ3n) is 4.07. The minimum absolute atomic E-state index is 0.649. The molecule has 3 rings (SSSR count). The van der Waals surface area contributed by atoms with Crippen LogP contribution in [0.5, 0.6) is 0 Å². The Labute approximate surface area is 137 Å². The molecule has 0 aliphatic carbocycles. The summed E-state index contributed by atoms with van der Waals surface area (Å²) < 4.78 is 0. The average molecular weight is 298 g/mol. The smallest absolute Gasteiger partial charge is 0.107 e. The lowest BCUT2D eigenvalue weighted by molar-refractivity contribution is 0.525. The van der Waals surface area contributed by atoms with Crippen molar-refractivity contribution in [2.45, 2.75) is 18.3 Å². The molecule has 0 N–H and O–H groups in total. The van der Waals surface area contributed by atoms with Crippen molar-refractivity contribution in [2.24, 2.45) is 0 Å². The molecule has 0 saturated heterocycles. The van der Waals surface area contributed by atoms with Crippen LogP contribution in [0.3, 0.4) is 0 Å².